The number of halogens is 1. The molecule has 0 bridgehead atoms. The highest BCUT2D eigenvalue weighted by molar-refractivity contribution is 6.18. The van der Waals surface area contributed by atoms with Crippen molar-refractivity contribution in [3.63, 3.8) is 0 Å². The van der Waals surface area contributed by atoms with Gasteiger partial charge in [-0.1, -0.05) is 13.3 Å². The quantitative estimate of drug-likeness (QED) is 0.512. The highest BCUT2D eigenvalue weighted by Crippen LogP contribution is 2.59. The van der Waals surface area contributed by atoms with Gasteiger partial charge in [0.25, 0.3) is 0 Å². The number of cyclic esters (lactones) is 1. The number of alkyl halides is 1. The summed E-state index contributed by atoms with van der Waals surface area (Å²) in [6.07, 6.45) is 3.62. The topological polar surface area (TPSA) is 103 Å². The number of Topliss-reactive ketones (excluding diaryl/α,β-unsaturated/α-hetero) is 1. The largest absolute Gasteiger partial charge is 0.472 e. The molecule has 1 N–H and O–H groups in total. The lowest BCUT2D eigenvalue weighted by molar-refractivity contribution is -0.176. The van der Waals surface area contributed by atoms with Crippen LogP contribution < -0.4 is 0 Å². The van der Waals surface area contributed by atoms with Gasteiger partial charge in [0, 0.05) is 37.1 Å². The van der Waals surface area contributed by atoms with Gasteiger partial charge in [-0.2, -0.15) is 0 Å². The van der Waals surface area contributed by atoms with Crippen LogP contribution in [-0.2, 0) is 29.5 Å². The molecule has 2 heterocycles. The first kappa shape index (κ1) is 22.8. The van der Waals surface area contributed by atoms with Gasteiger partial charge in [0.2, 0.25) is 0 Å². The number of carbonyl (C=O) groups is 3. The van der Waals surface area contributed by atoms with Crippen LogP contribution in [0, 0.1) is 17.3 Å². The van der Waals surface area contributed by atoms with E-state index < -0.39 is 35.1 Å². The summed E-state index contributed by atoms with van der Waals surface area (Å²) in [6.45, 7) is 4.88. The summed E-state index contributed by atoms with van der Waals surface area (Å²) in [6, 6.07) is 1.76. The van der Waals surface area contributed by atoms with Crippen molar-refractivity contribution in [2.45, 2.75) is 70.7 Å². The van der Waals surface area contributed by atoms with Crippen molar-refractivity contribution >= 4 is 29.3 Å². The average Bonchev–Trinajstić information content (AvgIpc) is 3.31. The molecule has 1 aliphatic heterocycles. The lowest BCUT2D eigenvalue weighted by Gasteiger charge is -2.46. The van der Waals surface area contributed by atoms with Gasteiger partial charge < -0.3 is 19.0 Å². The summed E-state index contributed by atoms with van der Waals surface area (Å²) < 4.78 is 16.4. The second-order valence-electron chi connectivity index (χ2n) is 8.77. The first-order valence-corrected chi connectivity index (χ1v) is 10.9. The van der Waals surface area contributed by atoms with Gasteiger partial charge in [-0.15, -0.1) is 11.6 Å². The highest BCUT2D eigenvalue weighted by Gasteiger charge is 2.66. The van der Waals surface area contributed by atoms with E-state index in [1.165, 1.54) is 13.2 Å². The maximum atomic E-state index is 13.4. The monoisotopic (exact) mass is 440 g/mol. The third-order valence-corrected chi connectivity index (χ3v) is 7.14. The van der Waals surface area contributed by atoms with Gasteiger partial charge in [0.05, 0.1) is 24.0 Å². The molecule has 0 amide bonds. The molecule has 3 rings (SSSR count). The predicted molar refractivity (Wildman–Crippen MR) is 108 cm³/mol. The van der Waals surface area contributed by atoms with Gasteiger partial charge >= 0.3 is 11.9 Å². The van der Waals surface area contributed by atoms with E-state index in [1.54, 1.807) is 19.3 Å². The minimum atomic E-state index is -0.980. The lowest BCUT2D eigenvalue weighted by atomic mass is 9.55. The van der Waals surface area contributed by atoms with Crippen molar-refractivity contribution in [2.75, 3.05) is 5.88 Å². The summed E-state index contributed by atoms with van der Waals surface area (Å²) in [5.41, 5.74) is -1.13. The van der Waals surface area contributed by atoms with Crippen molar-refractivity contribution in [3.05, 3.63) is 24.2 Å². The van der Waals surface area contributed by atoms with Crippen LogP contribution in [0.15, 0.2) is 23.0 Å². The van der Waals surface area contributed by atoms with Gasteiger partial charge in [-0.05, 0) is 31.7 Å². The Bertz CT molecular complexity index is 791. The number of hydrogen-bond acceptors (Lipinski definition) is 7. The van der Waals surface area contributed by atoms with Crippen molar-refractivity contribution in [1.82, 2.24) is 0 Å². The molecule has 1 aromatic heterocycles. The maximum absolute atomic E-state index is 13.4. The summed E-state index contributed by atoms with van der Waals surface area (Å²) >= 11 is 5.69. The zero-order valence-corrected chi connectivity index (χ0v) is 18.3. The Morgan fingerprint density at radius 1 is 1.43 bits per heavy atom. The molecule has 6 atom stereocenters. The number of carbonyl (C=O) groups excluding carboxylic acids is 3. The van der Waals surface area contributed by atoms with Crippen LogP contribution in [0.3, 0.4) is 0 Å². The fourth-order valence-electron chi connectivity index (χ4n) is 5.20. The average molecular weight is 441 g/mol. The summed E-state index contributed by atoms with van der Waals surface area (Å²) in [7, 11) is 0. The van der Waals surface area contributed by atoms with Crippen molar-refractivity contribution in [2.24, 2.45) is 17.3 Å². The van der Waals surface area contributed by atoms with Gasteiger partial charge in [-0.3, -0.25) is 14.4 Å². The van der Waals surface area contributed by atoms with Gasteiger partial charge in [0.15, 0.2) is 11.9 Å². The minimum absolute atomic E-state index is 0.121. The summed E-state index contributed by atoms with van der Waals surface area (Å²) in [5, 5.41) is 9.79. The molecule has 0 aromatic carbocycles. The van der Waals surface area contributed by atoms with Crippen molar-refractivity contribution in [3.8, 4) is 0 Å². The minimum Gasteiger partial charge on any atom is -0.472 e. The number of ketones is 1. The zero-order valence-electron chi connectivity index (χ0n) is 17.6. The molecule has 1 aromatic rings. The maximum Gasteiger partial charge on any atom is 0.313 e. The fourth-order valence-corrected chi connectivity index (χ4v) is 5.35. The SMILES string of the molecule is CC(=O)O[C@@H]1C(=O)C[C@H](CCCC(O)CCl)[C@@]2(C[C@@](C)(c3ccoc3)OC2=O)[C@@H]1C. The highest BCUT2D eigenvalue weighted by atomic mass is 35.5. The normalized spacial score (nSPS) is 34.8. The molecule has 8 heteroatoms. The third kappa shape index (κ3) is 4.02. The molecule has 7 nitrogen and oxygen atoms in total. The molecular weight excluding hydrogens is 412 g/mol. The molecule has 1 aliphatic carbocycles. The lowest BCUT2D eigenvalue weighted by Crippen LogP contribution is -2.55. The van der Waals surface area contributed by atoms with Crippen molar-refractivity contribution < 1.29 is 33.4 Å². The molecule has 2 aliphatic rings. The molecular formula is C22H29ClO7. The van der Waals surface area contributed by atoms with Crippen LogP contribution in [0.25, 0.3) is 0 Å². The Morgan fingerprint density at radius 2 is 2.17 bits per heavy atom. The molecule has 0 radical (unpaired) electrons. The number of rotatable bonds is 7. The second-order valence-corrected chi connectivity index (χ2v) is 9.08. The molecule has 1 spiro atoms. The van der Waals surface area contributed by atoms with E-state index in [0.29, 0.717) is 25.7 Å². The van der Waals surface area contributed by atoms with E-state index in [4.69, 9.17) is 25.5 Å². The first-order chi connectivity index (χ1) is 14.1. The van der Waals surface area contributed by atoms with E-state index in [9.17, 15) is 19.5 Å². The van der Waals surface area contributed by atoms with Crippen molar-refractivity contribution in [1.29, 1.82) is 0 Å². The van der Waals surface area contributed by atoms with Crippen LogP contribution in [0.4, 0.5) is 0 Å². The zero-order chi connectivity index (χ0) is 22.1. The number of hydrogen-bond donors (Lipinski definition) is 1. The van der Waals surface area contributed by atoms with Gasteiger partial charge in [-0.25, -0.2) is 0 Å². The molecule has 1 saturated heterocycles. The summed E-state index contributed by atoms with van der Waals surface area (Å²) in [5.74, 6) is -1.80. The van der Waals surface area contributed by atoms with E-state index in [-0.39, 0.29) is 30.0 Å². The fraction of sp³-hybridized carbons (Fsp3) is 0.682. The number of esters is 2. The van der Waals surface area contributed by atoms with E-state index in [1.807, 2.05) is 6.92 Å². The van der Waals surface area contributed by atoms with Gasteiger partial charge in [0.1, 0.15) is 5.60 Å². The van der Waals surface area contributed by atoms with E-state index in [2.05, 4.69) is 0 Å². The van der Waals surface area contributed by atoms with Crippen LogP contribution >= 0.6 is 11.6 Å². The second kappa shape index (κ2) is 8.71. The van der Waals surface area contributed by atoms with Crippen LogP contribution in [0.5, 0.6) is 0 Å². The Balaban J connectivity index is 1.94. The molecule has 1 saturated carbocycles. The Labute approximate surface area is 181 Å². The number of furan rings is 1. The summed E-state index contributed by atoms with van der Waals surface area (Å²) in [4.78, 5) is 37.8. The van der Waals surface area contributed by atoms with E-state index in [0.717, 1.165) is 5.56 Å². The predicted octanol–water partition coefficient (Wildman–Crippen LogP) is 3.35. The molecule has 2 fully saturated rings. The Kier molecular flexibility index (Phi) is 6.63. The number of ether oxygens (including phenoxy) is 2. The van der Waals surface area contributed by atoms with Crippen LogP contribution in [0.1, 0.15) is 58.4 Å². The molecule has 1 unspecified atom stereocenters. The number of aliphatic hydroxyl groups excluding tert-OH is 1. The number of aliphatic hydroxyl groups is 1. The van der Waals surface area contributed by atoms with E-state index >= 15 is 0 Å². The van der Waals surface area contributed by atoms with Crippen LogP contribution in [-0.4, -0.2) is 40.9 Å². The Morgan fingerprint density at radius 3 is 2.77 bits per heavy atom. The first-order valence-electron chi connectivity index (χ1n) is 10.3. The van der Waals surface area contributed by atoms with Crippen LogP contribution in [0.2, 0.25) is 0 Å². The Hall–Kier alpha value is -1.86. The smallest absolute Gasteiger partial charge is 0.313 e. The molecule has 30 heavy (non-hydrogen) atoms. The third-order valence-electron chi connectivity index (χ3n) is 6.78. The standard InChI is InChI=1S/C22H29ClO7/c1-13-19(29-14(2)24)18(26)9-15(5-4-6-17(25)10-23)22(13)12-21(3,30-20(22)27)16-7-8-28-11-16/h7-8,11,13,15,17,19,25H,4-6,9-10,12H2,1-3H3/t13-,15+,17?,19+,21+,22-/m1/s1. The molecule has 166 valence electrons.